The van der Waals surface area contributed by atoms with E-state index < -0.39 is 0 Å². The number of benzene rings is 1. The molecule has 0 bridgehead atoms. The first-order chi connectivity index (χ1) is 10.1. The number of fused-ring (bicyclic) bond motifs is 1. The highest BCUT2D eigenvalue weighted by Gasteiger charge is 2.07. The van der Waals surface area contributed by atoms with E-state index in [0.717, 1.165) is 10.4 Å². The third-order valence-corrected chi connectivity index (χ3v) is 4.45. The highest BCUT2D eigenvalue weighted by atomic mass is 35.5. The molecule has 0 atom stereocenters. The molecule has 0 saturated heterocycles. The summed E-state index contributed by atoms with van der Waals surface area (Å²) in [5, 5.41) is 7.52. The van der Waals surface area contributed by atoms with Crippen molar-refractivity contribution in [2.45, 2.75) is 6.92 Å². The molecule has 106 valence electrons. The minimum absolute atomic E-state index is 0.185. The third-order valence-electron chi connectivity index (χ3n) is 2.90. The fourth-order valence-corrected chi connectivity index (χ4v) is 2.97. The van der Waals surface area contributed by atoms with Crippen molar-refractivity contribution in [3.8, 4) is 0 Å². The van der Waals surface area contributed by atoms with Crippen LogP contribution < -0.4 is 5.56 Å². The first kappa shape index (κ1) is 14.3. The summed E-state index contributed by atoms with van der Waals surface area (Å²) in [6.07, 6.45) is 1.55. The van der Waals surface area contributed by atoms with E-state index in [9.17, 15) is 4.79 Å². The fraction of sp³-hybridized carbons (Fsp3) is 0.0714. The van der Waals surface area contributed by atoms with Crippen molar-refractivity contribution < 1.29 is 0 Å². The van der Waals surface area contributed by atoms with Crippen molar-refractivity contribution in [3.63, 3.8) is 0 Å². The van der Waals surface area contributed by atoms with E-state index in [0.29, 0.717) is 21.3 Å². The second-order valence-corrected chi connectivity index (χ2v) is 6.04. The molecule has 0 spiro atoms. The number of rotatable bonds is 2. The maximum absolute atomic E-state index is 12.3. The van der Waals surface area contributed by atoms with Gasteiger partial charge in [-0.2, -0.15) is 9.78 Å². The standard InChI is InChI=1S/C14H9Cl2N3OS/c1-8-18-13-10(4-5-21-13)14(20)19(8)17-7-9-2-3-11(15)12(16)6-9/h2-7H,1H3. The molecule has 3 aromatic rings. The molecule has 0 N–H and O–H groups in total. The molecule has 0 aliphatic carbocycles. The molecule has 0 saturated carbocycles. The molecule has 2 heterocycles. The SMILES string of the molecule is Cc1nc2sccc2c(=O)n1N=Cc1ccc(Cl)c(Cl)c1. The molecule has 0 amide bonds. The van der Waals surface area contributed by atoms with Crippen molar-refractivity contribution in [1.82, 2.24) is 9.66 Å². The summed E-state index contributed by atoms with van der Waals surface area (Å²) in [5.74, 6) is 0.534. The Morgan fingerprint density at radius 1 is 1.29 bits per heavy atom. The van der Waals surface area contributed by atoms with Crippen LogP contribution in [0.3, 0.4) is 0 Å². The minimum Gasteiger partial charge on any atom is -0.267 e. The Morgan fingerprint density at radius 3 is 2.86 bits per heavy atom. The van der Waals surface area contributed by atoms with Gasteiger partial charge in [0.25, 0.3) is 5.56 Å². The lowest BCUT2D eigenvalue weighted by Crippen LogP contribution is -2.19. The maximum Gasteiger partial charge on any atom is 0.282 e. The zero-order valence-electron chi connectivity index (χ0n) is 10.9. The molecule has 4 nitrogen and oxygen atoms in total. The zero-order valence-corrected chi connectivity index (χ0v) is 13.2. The summed E-state index contributed by atoms with van der Waals surface area (Å²) in [6.45, 7) is 1.74. The Morgan fingerprint density at radius 2 is 2.10 bits per heavy atom. The monoisotopic (exact) mass is 337 g/mol. The minimum atomic E-state index is -0.185. The van der Waals surface area contributed by atoms with Gasteiger partial charge in [0.2, 0.25) is 0 Å². The molecule has 1 aromatic carbocycles. The quantitative estimate of drug-likeness (QED) is 0.664. The van der Waals surface area contributed by atoms with Gasteiger partial charge in [-0.15, -0.1) is 11.3 Å². The van der Waals surface area contributed by atoms with Crippen LogP contribution in [-0.2, 0) is 0 Å². The molecule has 0 radical (unpaired) electrons. The number of halogens is 2. The molecule has 0 aliphatic heterocycles. The molecule has 21 heavy (non-hydrogen) atoms. The first-order valence-electron chi connectivity index (χ1n) is 6.02. The van der Waals surface area contributed by atoms with Crippen LogP contribution in [0.2, 0.25) is 10.0 Å². The second kappa shape index (κ2) is 5.60. The van der Waals surface area contributed by atoms with Crippen LogP contribution in [0.5, 0.6) is 0 Å². The lowest BCUT2D eigenvalue weighted by atomic mass is 10.2. The number of aryl methyl sites for hydroxylation is 1. The molecule has 0 fully saturated rings. The van der Waals surface area contributed by atoms with Gasteiger partial charge in [-0.1, -0.05) is 29.3 Å². The summed E-state index contributed by atoms with van der Waals surface area (Å²) >= 11 is 13.2. The molecule has 0 aliphatic rings. The van der Waals surface area contributed by atoms with Crippen LogP contribution in [0.4, 0.5) is 0 Å². The van der Waals surface area contributed by atoms with Crippen LogP contribution in [0, 0.1) is 6.92 Å². The average molecular weight is 338 g/mol. The largest absolute Gasteiger partial charge is 0.282 e. The number of hydrogen-bond donors (Lipinski definition) is 0. The maximum atomic E-state index is 12.3. The highest BCUT2D eigenvalue weighted by Crippen LogP contribution is 2.21. The molecular weight excluding hydrogens is 329 g/mol. The second-order valence-electron chi connectivity index (χ2n) is 4.33. The van der Waals surface area contributed by atoms with Gasteiger partial charge in [0.15, 0.2) is 0 Å². The molecular formula is C14H9Cl2N3OS. The van der Waals surface area contributed by atoms with Crippen LogP contribution in [0.15, 0.2) is 39.5 Å². The van der Waals surface area contributed by atoms with Gasteiger partial charge in [-0.3, -0.25) is 4.79 Å². The first-order valence-corrected chi connectivity index (χ1v) is 7.66. The molecule has 7 heteroatoms. The van der Waals surface area contributed by atoms with E-state index in [1.807, 2.05) is 5.38 Å². The Hall–Kier alpha value is -1.69. The lowest BCUT2D eigenvalue weighted by Gasteiger charge is -2.03. The van der Waals surface area contributed by atoms with E-state index in [1.165, 1.54) is 16.0 Å². The number of aromatic nitrogens is 2. The van der Waals surface area contributed by atoms with E-state index in [4.69, 9.17) is 23.2 Å². The van der Waals surface area contributed by atoms with Gasteiger partial charge in [0.1, 0.15) is 10.7 Å². The predicted octanol–water partition coefficient (Wildman–Crippen LogP) is 3.96. The third kappa shape index (κ3) is 2.72. The van der Waals surface area contributed by atoms with Crippen molar-refractivity contribution in [2.75, 3.05) is 0 Å². The average Bonchev–Trinajstić information content (AvgIpc) is 2.90. The summed E-state index contributed by atoms with van der Waals surface area (Å²) in [4.78, 5) is 17.4. The van der Waals surface area contributed by atoms with Gasteiger partial charge >= 0.3 is 0 Å². The van der Waals surface area contributed by atoms with Crippen LogP contribution in [0.1, 0.15) is 11.4 Å². The normalized spacial score (nSPS) is 11.6. The number of thiophene rings is 1. The Labute approximate surface area is 134 Å². The summed E-state index contributed by atoms with van der Waals surface area (Å²) in [7, 11) is 0. The van der Waals surface area contributed by atoms with Gasteiger partial charge in [-0.25, -0.2) is 4.98 Å². The predicted molar refractivity (Wildman–Crippen MR) is 88.1 cm³/mol. The van der Waals surface area contributed by atoms with Crippen molar-refractivity contribution in [2.24, 2.45) is 5.10 Å². The Bertz CT molecular complexity index is 914. The number of hydrogen-bond acceptors (Lipinski definition) is 4. The van der Waals surface area contributed by atoms with Gasteiger partial charge in [0, 0.05) is 0 Å². The Kier molecular flexibility index (Phi) is 3.80. The van der Waals surface area contributed by atoms with Crippen molar-refractivity contribution >= 4 is 51.0 Å². The summed E-state index contributed by atoms with van der Waals surface area (Å²) in [6, 6.07) is 6.89. The summed E-state index contributed by atoms with van der Waals surface area (Å²) in [5.41, 5.74) is 0.566. The van der Waals surface area contributed by atoms with E-state index in [1.54, 1.807) is 37.4 Å². The van der Waals surface area contributed by atoms with Crippen LogP contribution in [-0.4, -0.2) is 15.9 Å². The van der Waals surface area contributed by atoms with Crippen molar-refractivity contribution in [1.29, 1.82) is 0 Å². The van der Waals surface area contributed by atoms with Gasteiger partial charge < -0.3 is 0 Å². The smallest absolute Gasteiger partial charge is 0.267 e. The fourth-order valence-electron chi connectivity index (χ4n) is 1.86. The Balaban J connectivity index is 2.06. The van der Waals surface area contributed by atoms with Gasteiger partial charge in [0.05, 0.1) is 21.6 Å². The van der Waals surface area contributed by atoms with Crippen LogP contribution in [0.25, 0.3) is 10.2 Å². The summed E-state index contributed by atoms with van der Waals surface area (Å²) < 4.78 is 1.28. The van der Waals surface area contributed by atoms with E-state index in [-0.39, 0.29) is 5.56 Å². The van der Waals surface area contributed by atoms with Crippen LogP contribution >= 0.6 is 34.5 Å². The van der Waals surface area contributed by atoms with E-state index in [2.05, 4.69) is 10.1 Å². The van der Waals surface area contributed by atoms with Crippen molar-refractivity contribution in [3.05, 3.63) is 61.4 Å². The molecule has 2 aromatic heterocycles. The zero-order chi connectivity index (χ0) is 15.0. The molecule has 3 rings (SSSR count). The van der Waals surface area contributed by atoms with E-state index >= 15 is 0 Å². The van der Waals surface area contributed by atoms with Gasteiger partial charge in [-0.05, 0) is 36.1 Å². The lowest BCUT2D eigenvalue weighted by molar-refractivity contribution is 0.772. The highest BCUT2D eigenvalue weighted by molar-refractivity contribution is 7.16. The topological polar surface area (TPSA) is 47.2 Å². The number of nitrogens with zero attached hydrogens (tertiary/aromatic N) is 3. The molecule has 0 unspecified atom stereocenters.